The Morgan fingerprint density at radius 1 is 1.35 bits per heavy atom. The van der Waals surface area contributed by atoms with Crippen molar-refractivity contribution in [3.05, 3.63) is 5.82 Å². The molecule has 1 aromatic rings. The van der Waals surface area contributed by atoms with E-state index in [1.807, 2.05) is 0 Å². The average Bonchev–Trinajstić information content (AvgIpc) is 2.93. The summed E-state index contributed by atoms with van der Waals surface area (Å²) in [7, 11) is 0. The van der Waals surface area contributed by atoms with Crippen LogP contribution in [0.2, 0.25) is 0 Å². The lowest BCUT2D eigenvalue weighted by atomic mass is 10.2. The van der Waals surface area contributed by atoms with Crippen LogP contribution in [0, 0.1) is 0 Å². The Kier molecular flexibility index (Phi) is 3.56. The van der Waals surface area contributed by atoms with E-state index in [9.17, 15) is 0 Å². The molecule has 1 N–H and O–H groups in total. The van der Waals surface area contributed by atoms with Crippen molar-refractivity contribution in [2.45, 2.75) is 56.2 Å². The van der Waals surface area contributed by atoms with Crippen molar-refractivity contribution in [2.75, 3.05) is 11.1 Å². The van der Waals surface area contributed by atoms with E-state index in [2.05, 4.69) is 33.4 Å². The first-order chi connectivity index (χ1) is 8.36. The highest BCUT2D eigenvalue weighted by Gasteiger charge is 2.30. The normalized spacial score (nSPS) is 28.5. The molecule has 2 aliphatic carbocycles. The molecule has 1 aromatic heterocycles. The Morgan fingerprint density at radius 3 is 3.00 bits per heavy atom. The number of hydrogen-bond donors (Lipinski definition) is 1. The lowest BCUT2D eigenvalue weighted by Crippen LogP contribution is -2.26. The molecule has 0 radical (unpaired) electrons. The molecule has 2 fully saturated rings. The second-order valence-electron chi connectivity index (χ2n) is 4.91. The van der Waals surface area contributed by atoms with Gasteiger partial charge < -0.3 is 5.32 Å². The first-order valence-electron chi connectivity index (χ1n) is 6.58. The highest BCUT2D eigenvalue weighted by atomic mass is 32.2. The second-order valence-corrected chi connectivity index (χ2v) is 7.18. The summed E-state index contributed by atoms with van der Waals surface area (Å²) in [4.78, 5) is 4.62. The minimum absolute atomic E-state index is 0.611. The summed E-state index contributed by atoms with van der Waals surface area (Å²) >= 11 is 3.63. The van der Waals surface area contributed by atoms with Crippen molar-refractivity contribution in [3.63, 3.8) is 0 Å². The molecule has 0 aliphatic heterocycles. The minimum atomic E-state index is 0.611. The van der Waals surface area contributed by atoms with Gasteiger partial charge in [0.25, 0.3) is 0 Å². The van der Waals surface area contributed by atoms with E-state index < -0.39 is 0 Å². The zero-order valence-electron chi connectivity index (χ0n) is 10.2. The van der Waals surface area contributed by atoms with Crippen molar-refractivity contribution < 1.29 is 0 Å². The number of aromatic nitrogens is 2. The molecule has 2 unspecified atom stereocenters. The molecule has 0 aromatic carbocycles. The molecule has 0 amide bonds. The smallest absolute Gasteiger partial charge is 0.202 e. The summed E-state index contributed by atoms with van der Waals surface area (Å²) in [5, 5.41) is 5.42. The van der Waals surface area contributed by atoms with Crippen LogP contribution in [0.4, 0.5) is 5.13 Å². The molecule has 3 nitrogen and oxygen atoms in total. The van der Waals surface area contributed by atoms with Gasteiger partial charge >= 0.3 is 0 Å². The Labute approximate surface area is 111 Å². The molecule has 2 atom stereocenters. The fraction of sp³-hybridized carbons (Fsp3) is 0.833. The van der Waals surface area contributed by atoms with Crippen LogP contribution in [0.1, 0.15) is 50.8 Å². The first-order valence-corrected chi connectivity index (χ1v) is 8.40. The van der Waals surface area contributed by atoms with Gasteiger partial charge in [-0.2, -0.15) is 16.1 Å². The van der Waals surface area contributed by atoms with Crippen LogP contribution < -0.4 is 5.32 Å². The lowest BCUT2D eigenvalue weighted by Gasteiger charge is -2.19. The van der Waals surface area contributed by atoms with Crippen LogP contribution in [-0.2, 0) is 0 Å². The van der Waals surface area contributed by atoms with Gasteiger partial charge in [-0.05, 0) is 31.4 Å². The van der Waals surface area contributed by atoms with Crippen LogP contribution in [-0.4, -0.2) is 26.4 Å². The van der Waals surface area contributed by atoms with Crippen molar-refractivity contribution in [2.24, 2.45) is 0 Å². The van der Waals surface area contributed by atoms with Gasteiger partial charge in [-0.15, -0.1) is 0 Å². The molecule has 0 spiro atoms. The van der Waals surface area contributed by atoms with E-state index in [-0.39, 0.29) is 0 Å². The van der Waals surface area contributed by atoms with Gasteiger partial charge in [0.05, 0.1) is 0 Å². The standard InChI is InChI=1S/C12H19N3S2/c1-2-16-10-5-3-4-9(10)13-12-14-11(15-17-12)8-6-7-8/h8-10H,2-7H2,1H3,(H,13,14,15). The van der Waals surface area contributed by atoms with Crippen molar-refractivity contribution >= 4 is 28.4 Å². The van der Waals surface area contributed by atoms with Crippen LogP contribution in [0.5, 0.6) is 0 Å². The summed E-state index contributed by atoms with van der Waals surface area (Å²) in [5.41, 5.74) is 0. The average molecular weight is 269 g/mol. The van der Waals surface area contributed by atoms with E-state index in [4.69, 9.17) is 0 Å². The zero-order valence-corrected chi connectivity index (χ0v) is 11.8. The zero-order chi connectivity index (χ0) is 11.7. The van der Waals surface area contributed by atoms with E-state index in [0.717, 1.165) is 16.2 Å². The highest BCUT2D eigenvalue weighted by Crippen LogP contribution is 2.40. The molecule has 17 heavy (non-hydrogen) atoms. The monoisotopic (exact) mass is 269 g/mol. The molecule has 0 saturated heterocycles. The molecule has 94 valence electrons. The molecule has 2 saturated carbocycles. The van der Waals surface area contributed by atoms with E-state index >= 15 is 0 Å². The molecular weight excluding hydrogens is 250 g/mol. The van der Waals surface area contributed by atoms with Gasteiger partial charge in [0.1, 0.15) is 5.82 Å². The fourth-order valence-electron chi connectivity index (χ4n) is 2.46. The SMILES string of the molecule is CCSC1CCCC1Nc1nc(C2CC2)ns1. The lowest BCUT2D eigenvalue weighted by molar-refractivity contribution is 0.765. The van der Waals surface area contributed by atoms with E-state index in [1.54, 1.807) is 11.5 Å². The van der Waals surface area contributed by atoms with E-state index in [0.29, 0.717) is 12.0 Å². The quantitative estimate of drug-likeness (QED) is 0.888. The topological polar surface area (TPSA) is 37.8 Å². The summed E-state index contributed by atoms with van der Waals surface area (Å²) in [6, 6.07) is 0.611. The van der Waals surface area contributed by atoms with Crippen LogP contribution in [0.3, 0.4) is 0 Å². The molecule has 0 bridgehead atoms. The molecule has 1 heterocycles. The summed E-state index contributed by atoms with van der Waals surface area (Å²) in [6.07, 6.45) is 6.56. The van der Waals surface area contributed by atoms with Crippen molar-refractivity contribution in [3.8, 4) is 0 Å². The number of nitrogens with one attached hydrogen (secondary N) is 1. The predicted octanol–water partition coefficient (Wildman–Crippen LogP) is 3.50. The Morgan fingerprint density at radius 2 is 2.24 bits per heavy atom. The Hall–Kier alpha value is -0.290. The van der Waals surface area contributed by atoms with Gasteiger partial charge in [-0.25, -0.2) is 4.98 Å². The number of nitrogens with zero attached hydrogens (tertiary/aromatic N) is 2. The third-order valence-corrected chi connectivity index (χ3v) is 5.51. The van der Waals surface area contributed by atoms with Gasteiger partial charge in [0.2, 0.25) is 5.13 Å². The van der Waals surface area contributed by atoms with Gasteiger partial charge in [-0.1, -0.05) is 13.3 Å². The fourth-order valence-corrected chi connectivity index (χ4v) is 4.37. The maximum atomic E-state index is 4.62. The van der Waals surface area contributed by atoms with Gasteiger partial charge in [-0.3, -0.25) is 0 Å². The first kappa shape index (κ1) is 11.8. The second kappa shape index (κ2) is 5.14. The number of thioether (sulfide) groups is 1. The summed E-state index contributed by atoms with van der Waals surface area (Å²) in [6.45, 7) is 2.25. The Balaban J connectivity index is 1.60. The maximum absolute atomic E-state index is 4.62. The Bertz CT molecular complexity index is 376. The number of hydrogen-bond acceptors (Lipinski definition) is 5. The van der Waals surface area contributed by atoms with Crippen molar-refractivity contribution in [1.29, 1.82) is 0 Å². The van der Waals surface area contributed by atoms with Gasteiger partial charge in [0, 0.05) is 28.7 Å². The number of rotatable bonds is 5. The predicted molar refractivity (Wildman–Crippen MR) is 75.1 cm³/mol. The van der Waals surface area contributed by atoms with Gasteiger partial charge in [0.15, 0.2) is 0 Å². The molecule has 3 rings (SSSR count). The summed E-state index contributed by atoms with van der Waals surface area (Å²) < 4.78 is 4.45. The largest absolute Gasteiger partial charge is 0.356 e. The number of anilines is 1. The molecular formula is C12H19N3S2. The van der Waals surface area contributed by atoms with E-state index in [1.165, 1.54) is 37.9 Å². The minimum Gasteiger partial charge on any atom is -0.356 e. The van der Waals surface area contributed by atoms with Crippen LogP contribution in [0.25, 0.3) is 0 Å². The maximum Gasteiger partial charge on any atom is 0.202 e. The third kappa shape index (κ3) is 2.76. The molecule has 2 aliphatic rings. The summed E-state index contributed by atoms with van der Waals surface area (Å²) in [5.74, 6) is 2.97. The van der Waals surface area contributed by atoms with Crippen LogP contribution >= 0.6 is 23.3 Å². The third-order valence-electron chi connectivity index (χ3n) is 3.53. The van der Waals surface area contributed by atoms with Crippen molar-refractivity contribution in [1.82, 2.24) is 9.36 Å². The van der Waals surface area contributed by atoms with Crippen LogP contribution in [0.15, 0.2) is 0 Å². The highest BCUT2D eigenvalue weighted by molar-refractivity contribution is 7.99. The molecule has 5 heteroatoms.